The van der Waals surface area contributed by atoms with Crippen molar-refractivity contribution in [2.75, 3.05) is 0 Å². The van der Waals surface area contributed by atoms with Crippen LogP contribution in [0.2, 0.25) is 0 Å². The molecule has 1 fully saturated rings. The summed E-state index contributed by atoms with van der Waals surface area (Å²) >= 11 is 0. The van der Waals surface area contributed by atoms with E-state index in [1.165, 1.54) is 0 Å². The van der Waals surface area contributed by atoms with Crippen molar-refractivity contribution < 1.29 is 30.3 Å². The molecule has 1 heterocycles. The maximum atomic E-state index is 14.3. The molecule has 124 valence electrons. The second-order valence-electron chi connectivity index (χ2n) is 5.60. The SMILES string of the molecule is O=CCCc1[n-]c2ccccc2c1C1CCCCC1F.[CH2-]C.[W+2]. The summed E-state index contributed by atoms with van der Waals surface area (Å²) in [7, 11) is 0. The van der Waals surface area contributed by atoms with Crippen molar-refractivity contribution in [2.24, 2.45) is 0 Å². The number of hydrogen-bond acceptors (Lipinski definition) is 1. The molecule has 0 radical (unpaired) electrons. The number of nitrogens with zero attached hydrogens (tertiary/aromatic N) is 1. The van der Waals surface area contributed by atoms with Crippen molar-refractivity contribution >= 4 is 17.2 Å². The minimum Gasteiger partial charge on any atom is -0.661 e. The van der Waals surface area contributed by atoms with E-state index < -0.39 is 6.17 Å². The number of alkyl halides is 1. The number of aromatic nitrogens is 1. The summed E-state index contributed by atoms with van der Waals surface area (Å²) in [5.74, 6) is -0.0437. The first-order valence-electron chi connectivity index (χ1n) is 8.14. The number of aryl methyl sites for hydroxylation is 1. The molecule has 3 rings (SSSR count). The van der Waals surface area contributed by atoms with Crippen LogP contribution in [0.15, 0.2) is 24.3 Å². The molecule has 0 bridgehead atoms. The van der Waals surface area contributed by atoms with Gasteiger partial charge in [-0.25, -0.2) is 4.39 Å². The molecule has 2 aromatic rings. The Hall–Kier alpha value is -0.952. The third kappa shape index (κ3) is 4.53. The van der Waals surface area contributed by atoms with Crippen molar-refractivity contribution in [1.82, 2.24) is 4.98 Å². The third-order valence-corrected chi connectivity index (χ3v) is 4.31. The standard InChI is InChI=1S/C17H19FNO.C2H5.W/c18-14-8-3-1-6-12(14)17-13-7-2-4-9-15(13)19-16(17)10-5-11-20;1-2;/h2,4,7,9,11-12,14H,1,3,5-6,8,10H2;1H2,2H3;/q2*-1;+2. The number of fused-ring (bicyclic) bond motifs is 1. The summed E-state index contributed by atoms with van der Waals surface area (Å²) in [5.41, 5.74) is 2.92. The third-order valence-electron chi connectivity index (χ3n) is 4.31. The summed E-state index contributed by atoms with van der Waals surface area (Å²) in [5, 5.41) is 1.07. The zero-order chi connectivity index (χ0) is 15.9. The van der Waals surface area contributed by atoms with Crippen LogP contribution in [0.1, 0.15) is 56.2 Å². The van der Waals surface area contributed by atoms with E-state index >= 15 is 0 Å². The average molecular weight is 485 g/mol. The molecule has 1 aromatic heterocycles. The van der Waals surface area contributed by atoms with Gasteiger partial charge in [-0.15, -0.1) is 5.52 Å². The fraction of sp³-hybridized carbons (Fsp3) is 0.474. The predicted molar refractivity (Wildman–Crippen MR) is 88.8 cm³/mol. The van der Waals surface area contributed by atoms with Gasteiger partial charge in [0.1, 0.15) is 12.5 Å². The number of halogens is 1. The smallest absolute Gasteiger partial charge is 0.661 e. The number of carbonyl (C=O) groups is 1. The van der Waals surface area contributed by atoms with Crippen LogP contribution in [0.3, 0.4) is 0 Å². The second kappa shape index (κ2) is 10.0. The second-order valence-corrected chi connectivity index (χ2v) is 5.60. The molecule has 2 unspecified atom stereocenters. The quantitative estimate of drug-likeness (QED) is 0.462. The van der Waals surface area contributed by atoms with Gasteiger partial charge >= 0.3 is 21.1 Å². The van der Waals surface area contributed by atoms with Gasteiger partial charge in [-0.1, -0.05) is 42.7 Å². The molecule has 1 aliphatic rings. The predicted octanol–water partition coefficient (Wildman–Crippen LogP) is 4.76. The van der Waals surface area contributed by atoms with Gasteiger partial charge in [0.05, 0.1) is 0 Å². The maximum Gasteiger partial charge on any atom is 2.00 e. The van der Waals surface area contributed by atoms with Crippen molar-refractivity contribution in [3.8, 4) is 0 Å². The van der Waals surface area contributed by atoms with Crippen molar-refractivity contribution in [3.63, 3.8) is 0 Å². The van der Waals surface area contributed by atoms with E-state index in [1.807, 2.05) is 24.3 Å². The molecule has 1 saturated carbocycles. The molecule has 1 aromatic carbocycles. The first-order valence-corrected chi connectivity index (χ1v) is 8.14. The summed E-state index contributed by atoms with van der Waals surface area (Å²) in [6.45, 7) is 5.00. The largest absolute Gasteiger partial charge is 2.00 e. The van der Waals surface area contributed by atoms with Gasteiger partial charge in [0.15, 0.2) is 0 Å². The van der Waals surface area contributed by atoms with Crippen molar-refractivity contribution in [1.29, 1.82) is 0 Å². The first-order chi connectivity index (χ1) is 10.8. The number of benzene rings is 1. The summed E-state index contributed by atoms with van der Waals surface area (Å²) in [6.07, 6.45) is 4.83. The number of para-hydroxylation sites is 1. The van der Waals surface area contributed by atoms with E-state index in [2.05, 4.69) is 11.9 Å². The van der Waals surface area contributed by atoms with Gasteiger partial charge in [-0.05, 0) is 24.6 Å². The zero-order valence-electron chi connectivity index (χ0n) is 13.6. The van der Waals surface area contributed by atoms with E-state index in [9.17, 15) is 9.18 Å². The Morgan fingerprint density at radius 1 is 1.26 bits per heavy atom. The van der Waals surface area contributed by atoms with E-state index in [4.69, 9.17) is 0 Å². The van der Waals surface area contributed by atoms with Gasteiger partial charge in [0.2, 0.25) is 0 Å². The molecule has 2 atom stereocenters. The molecule has 1 aliphatic carbocycles. The van der Waals surface area contributed by atoms with Gasteiger partial charge in [-0.2, -0.15) is 12.6 Å². The molecule has 0 amide bonds. The molecule has 0 saturated heterocycles. The Kier molecular flexibility index (Phi) is 8.76. The Morgan fingerprint density at radius 3 is 2.65 bits per heavy atom. The average Bonchev–Trinajstić information content (AvgIpc) is 2.93. The fourth-order valence-corrected chi connectivity index (χ4v) is 3.37. The van der Waals surface area contributed by atoms with Gasteiger partial charge < -0.3 is 16.7 Å². The van der Waals surface area contributed by atoms with Crippen LogP contribution in [0.4, 0.5) is 4.39 Å². The fourth-order valence-electron chi connectivity index (χ4n) is 3.37. The summed E-state index contributed by atoms with van der Waals surface area (Å²) in [4.78, 5) is 15.3. The van der Waals surface area contributed by atoms with Crippen LogP contribution in [0.5, 0.6) is 0 Å². The molecule has 2 nitrogen and oxygen atoms in total. The molecular weight excluding hydrogens is 461 g/mol. The zero-order valence-corrected chi connectivity index (χ0v) is 16.6. The number of hydrogen-bond donors (Lipinski definition) is 0. The minimum absolute atomic E-state index is 0. The van der Waals surface area contributed by atoms with E-state index in [-0.39, 0.29) is 27.0 Å². The monoisotopic (exact) mass is 485 g/mol. The number of carbonyl (C=O) groups excluding carboxylic acids is 1. The topological polar surface area (TPSA) is 31.2 Å². The van der Waals surface area contributed by atoms with Gasteiger partial charge in [0.25, 0.3) is 0 Å². The van der Waals surface area contributed by atoms with Crippen LogP contribution in [0, 0.1) is 6.92 Å². The van der Waals surface area contributed by atoms with Crippen LogP contribution in [0.25, 0.3) is 10.9 Å². The van der Waals surface area contributed by atoms with Crippen LogP contribution in [-0.2, 0) is 32.3 Å². The molecule has 0 N–H and O–H groups in total. The van der Waals surface area contributed by atoms with Crippen molar-refractivity contribution in [3.05, 3.63) is 42.4 Å². The van der Waals surface area contributed by atoms with E-state index in [0.717, 1.165) is 47.7 Å². The van der Waals surface area contributed by atoms with E-state index in [1.54, 1.807) is 6.92 Å². The molecular formula is C19H24FNOW. The molecule has 0 aliphatic heterocycles. The molecule has 0 spiro atoms. The Bertz CT molecular complexity index is 610. The number of aldehydes is 1. The number of rotatable bonds is 4. The van der Waals surface area contributed by atoms with Gasteiger partial charge in [-0.3, -0.25) is 0 Å². The van der Waals surface area contributed by atoms with Crippen LogP contribution < -0.4 is 4.98 Å². The normalized spacial score (nSPS) is 20.3. The van der Waals surface area contributed by atoms with E-state index in [0.29, 0.717) is 19.3 Å². The molecule has 4 heteroatoms. The minimum atomic E-state index is -0.772. The van der Waals surface area contributed by atoms with Crippen LogP contribution >= 0.6 is 0 Å². The maximum absolute atomic E-state index is 14.3. The Balaban J connectivity index is 0.000000849. The van der Waals surface area contributed by atoms with Crippen LogP contribution in [-0.4, -0.2) is 12.5 Å². The Morgan fingerprint density at radius 2 is 1.96 bits per heavy atom. The summed E-state index contributed by atoms with van der Waals surface area (Å²) < 4.78 is 14.3. The Labute approximate surface area is 152 Å². The first kappa shape index (κ1) is 20.1. The van der Waals surface area contributed by atoms with Crippen molar-refractivity contribution in [2.45, 2.75) is 57.5 Å². The van der Waals surface area contributed by atoms with Gasteiger partial charge in [0, 0.05) is 12.3 Å². The molecule has 23 heavy (non-hydrogen) atoms. The summed E-state index contributed by atoms with van der Waals surface area (Å²) in [6, 6.07) is 7.94.